The highest BCUT2D eigenvalue weighted by molar-refractivity contribution is 5.83. The number of aromatic nitrogens is 1. The fourth-order valence-electron chi connectivity index (χ4n) is 3.60. The van der Waals surface area contributed by atoms with Crippen molar-refractivity contribution in [1.29, 1.82) is 0 Å². The number of fused-ring (bicyclic) bond motifs is 1. The van der Waals surface area contributed by atoms with E-state index in [4.69, 9.17) is 5.73 Å². The molecule has 0 saturated carbocycles. The Bertz CT molecular complexity index is 925. The number of nitrogens with two attached hydrogens (primary N) is 1. The number of halogens is 1. The summed E-state index contributed by atoms with van der Waals surface area (Å²) in [5, 5.41) is 13.8. The fourth-order valence-corrected chi connectivity index (χ4v) is 3.60. The second kappa shape index (κ2) is 9.48. The summed E-state index contributed by atoms with van der Waals surface area (Å²) >= 11 is 0. The number of aliphatic carboxylic acids is 1. The summed E-state index contributed by atoms with van der Waals surface area (Å²) in [6.45, 7) is 0.360. The number of H-pyrrole nitrogens is 1. The van der Waals surface area contributed by atoms with Crippen molar-refractivity contribution in [2.24, 2.45) is 5.73 Å². The van der Waals surface area contributed by atoms with E-state index in [0.717, 1.165) is 16.5 Å². The molecule has 3 aromatic rings. The molecule has 0 amide bonds. The molecule has 0 radical (unpaired) electrons. The third-order valence-electron chi connectivity index (χ3n) is 5.04. The SMILES string of the molecule is NCC(CCc1ccccc1F)N[C@H](CC(=O)O)Cc1c[nH]c2ccccc12. The number of aryl methyl sites for hydroxylation is 1. The van der Waals surface area contributed by atoms with Crippen molar-refractivity contribution < 1.29 is 14.3 Å². The van der Waals surface area contributed by atoms with Gasteiger partial charge in [0.25, 0.3) is 0 Å². The molecule has 1 heterocycles. The average Bonchev–Trinajstić information content (AvgIpc) is 3.08. The molecule has 0 spiro atoms. The van der Waals surface area contributed by atoms with E-state index in [1.807, 2.05) is 36.5 Å². The Kier molecular flexibility index (Phi) is 6.79. The summed E-state index contributed by atoms with van der Waals surface area (Å²) in [7, 11) is 0. The molecule has 6 heteroatoms. The Morgan fingerprint density at radius 2 is 1.86 bits per heavy atom. The van der Waals surface area contributed by atoms with Crippen LogP contribution in [-0.2, 0) is 17.6 Å². The minimum Gasteiger partial charge on any atom is -0.481 e. The molecule has 1 unspecified atom stereocenters. The molecule has 3 rings (SSSR count). The number of rotatable bonds is 10. The molecule has 5 N–H and O–H groups in total. The van der Waals surface area contributed by atoms with Crippen LogP contribution in [0.1, 0.15) is 24.0 Å². The van der Waals surface area contributed by atoms with E-state index in [2.05, 4.69) is 10.3 Å². The predicted octanol–water partition coefficient (Wildman–Crippen LogP) is 3.24. The lowest BCUT2D eigenvalue weighted by Gasteiger charge is -2.24. The molecule has 1 aromatic heterocycles. The molecule has 0 fully saturated rings. The van der Waals surface area contributed by atoms with Crippen molar-refractivity contribution in [3.05, 3.63) is 71.7 Å². The van der Waals surface area contributed by atoms with Gasteiger partial charge in [0.2, 0.25) is 0 Å². The van der Waals surface area contributed by atoms with Crippen LogP contribution in [0.15, 0.2) is 54.7 Å². The zero-order valence-corrected chi connectivity index (χ0v) is 15.7. The van der Waals surface area contributed by atoms with Gasteiger partial charge in [-0.15, -0.1) is 0 Å². The summed E-state index contributed by atoms with van der Waals surface area (Å²) in [6.07, 6.45) is 3.69. The van der Waals surface area contributed by atoms with Crippen molar-refractivity contribution in [1.82, 2.24) is 10.3 Å². The molecule has 0 aliphatic heterocycles. The Hall–Kier alpha value is -2.70. The molecule has 0 saturated heterocycles. The summed E-state index contributed by atoms with van der Waals surface area (Å²) in [6, 6.07) is 14.3. The predicted molar refractivity (Wildman–Crippen MR) is 109 cm³/mol. The van der Waals surface area contributed by atoms with Gasteiger partial charge < -0.3 is 21.1 Å². The molecule has 2 aromatic carbocycles. The smallest absolute Gasteiger partial charge is 0.304 e. The number of hydrogen-bond acceptors (Lipinski definition) is 3. The van der Waals surface area contributed by atoms with Crippen LogP contribution in [-0.4, -0.2) is 34.7 Å². The molecular weight excluding hydrogens is 357 g/mol. The monoisotopic (exact) mass is 383 g/mol. The third kappa shape index (κ3) is 5.18. The number of carbonyl (C=O) groups is 1. The number of benzene rings is 2. The quantitative estimate of drug-likeness (QED) is 0.433. The number of aromatic amines is 1. The molecule has 0 aliphatic carbocycles. The van der Waals surface area contributed by atoms with Gasteiger partial charge in [0.15, 0.2) is 0 Å². The van der Waals surface area contributed by atoms with Crippen LogP contribution in [0.4, 0.5) is 4.39 Å². The van der Waals surface area contributed by atoms with Crippen molar-refractivity contribution in [3.8, 4) is 0 Å². The van der Waals surface area contributed by atoms with Gasteiger partial charge in [0, 0.05) is 35.7 Å². The fraction of sp³-hybridized carbons (Fsp3) is 0.318. The maximum absolute atomic E-state index is 13.8. The Morgan fingerprint density at radius 3 is 2.61 bits per heavy atom. The van der Waals surface area contributed by atoms with Gasteiger partial charge in [-0.3, -0.25) is 4.79 Å². The zero-order valence-electron chi connectivity index (χ0n) is 15.7. The first kappa shape index (κ1) is 20.0. The van der Waals surface area contributed by atoms with Crippen LogP contribution in [0, 0.1) is 5.82 Å². The van der Waals surface area contributed by atoms with Crippen molar-refractivity contribution in [2.75, 3.05) is 6.54 Å². The van der Waals surface area contributed by atoms with Gasteiger partial charge in [0.1, 0.15) is 5.82 Å². The second-order valence-electron chi connectivity index (χ2n) is 7.09. The topological polar surface area (TPSA) is 91.1 Å². The number of carboxylic acid groups (broad SMARTS) is 1. The highest BCUT2D eigenvalue weighted by Crippen LogP contribution is 2.20. The van der Waals surface area contributed by atoms with E-state index in [0.29, 0.717) is 31.4 Å². The molecule has 0 bridgehead atoms. The van der Waals surface area contributed by atoms with Crippen molar-refractivity contribution in [2.45, 2.75) is 37.8 Å². The number of hydrogen-bond donors (Lipinski definition) is 4. The van der Waals surface area contributed by atoms with Crippen LogP contribution in [0.2, 0.25) is 0 Å². The van der Waals surface area contributed by atoms with E-state index in [-0.39, 0.29) is 24.3 Å². The minimum absolute atomic E-state index is 0.00426. The van der Waals surface area contributed by atoms with Gasteiger partial charge >= 0.3 is 5.97 Å². The van der Waals surface area contributed by atoms with Gasteiger partial charge in [-0.05, 0) is 42.5 Å². The Balaban J connectivity index is 1.68. The zero-order chi connectivity index (χ0) is 19.9. The first-order valence-electron chi connectivity index (χ1n) is 9.53. The molecule has 0 aliphatic rings. The summed E-state index contributed by atoms with van der Waals surface area (Å²) in [4.78, 5) is 14.6. The summed E-state index contributed by atoms with van der Waals surface area (Å²) in [5.74, 6) is -1.08. The number of para-hydroxylation sites is 1. The van der Waals surface area contributed by atoms with E-state index in [1.165, 1.54) is 6.07 Å². The first-order valence-corrected chi connectivity index (χ1v) is 9.53. The van der Waals surface area contributed by atoms with Crippen LogP contribution >= 0.6 is 0 Å². The van der Waals surface area contributed by atoms with Crippen LogP contribution in [0.25, 0.3) is 10.9 Å². The highest BCUT2D eigenvalue weighted by atomic mass is 19.1. The normalized spacial score (nSPS) is 13.5. The van der Waals surface area contributed by atoms with Gasteiger partial charge in [-0.2, -0.15) is 0 Å². The lowest BCUT2D eigenvalue weighted by Crippen LogP contribution is -2.45. The van der Waals surface area contributed by atoms with E-state index in [1.54, 1.807) is 12.1 Å². The molecule has 28 heavy (non-hydrogen) atoms. The average molecular weight is 383 g/mol. The van der Waals surface area contributed by atoms with Crippen molar-refractivity contribution in [3.63, 3.8) is 0 Å². The van der Waals surface area contributed by atoms with Gasteiger partial charge in [-0.1, -0.05) is 36.4 Å². The Morgan fingerprint density at radius 1 is 1.11 bits per heavy atom. The number of nitrogens with one attached hydrogen (secondary N) is 2. The van der Waals surface area contributed by atoms with E-state index < -0.39 is 5.97 Å². The molecular formula is C22H26FN3O2. The van der Waals surface area contributed by atoms with Crippen LogP contribution in [0.3, 0.4) is 0 Å². The highest BCUT2D eigenvalue weighted by Gasteiger charge is 2.20. The Labute approximate surface area is 163 Å². The maximum atomic E-state index is 13.8. The number of carboxylic acids is 1. The lowest BCUT2D eigenvalue weighted by atomic mass is 9.99. The largest absolute Gasteiger partial charge is 0.481 e. The van der Waals surface area contributed by atoms with E-state index >= 15 is 0 Å². The minimum atomic E-state index is -0.859. The van der Waals surface area contributed by atoms with Gasteiger partial charge in [0.05, 0.1) is 6.42 Å². The molecule has 2 atom stereocenters. The van der Waals surface area contributed by atoms with Crippen molar-refractivity contribution >= 4 is 16.9 Å². The lowest BCUT2D eigenvalue weighted by molar-refractivity contribution is -0.137. The standard InChI is InChI=1S/C22H26FN3O2/c23-20-7-3-1-5-15(20)9-10-17(13-24)26-18(12-22(27)28)11-16-14-25-21-8-4-2-6-19(16)21/h1-8,14,17-18,25-26H,9-13,24H2,(H,27,28)/t17?,18-/m0/s1. The second-order valence-corrected chi connectivity index (χ2v) is 7.09. The molecule has 5 nitrogen and oxygen atoms in total. The van der Waals surface area contributed by atoms with Crippen LogP contribution < -0.4 is 11.1 Å². The van der Waals surface area contributed by atoms with Crippen LogP contribution in [0.5, 0.6) is 0 Å². The first-order chi connectivity index (χ1) is 13.6. The maximum Gasteiger partial charge on any atom is 0.304 e. The van der Waals surface area contributed by atoms with Gasteiger partial charge in [-0.25, -0.2) is 4.39 Å². The summed E-state index contributed by atoms with van der Waals surface area (Å²) < 4.78 is 13.8. The van der Waals surface area contributed by atoms with E-state index in [9.17, 15) is 14.3 Å². The third-order valence-corrected chi connectivity index (χ3v) is 5.04. The molecule has 148 valence electrons. The summed E-state index contributed by atoms with van der Waals surface area (Å²) in [5.41, 5.74) is 8.65.